The average molecular weight is 161 g/mol. The van der Waals surface area contributed by atoms with Gasteiger partial charge in [-0.05, 0) is 37.5 Å². The maximum absolute atomic E-state index is 5.58. The van der Waals surface area contributed by atoms with E-state index in [0.29, 0.717) is 0 Å². The molecule has 0 spiro atoms. The van der Waals surface area contributed by atoms with Gasteiger partial charge in [0.1, 0.15) is 0 Å². The van der Waals surface area contributed by atoms with Crippen LogP contribution >= 0.6 is 0 Å². The minimum absolute atomic E-state index is 0.864. The predicted octanol–water partition coefficient (Wildman–Crippen LogP) is 2.68. The molecule has 0 atom stereocenters. The number of nitrogens with two attached hydrogens (primary N) is 1. The second kappa shape index (κ2) is 3.96. The Morgan fingerprint density at radius 3 is 2.67 bits per heavy atom. The average Bonchev–Trinajstić information content (AvgIpc) is 2.05. The fraction of sp³-hybridized carbons (Fsp3) is 0.273. The van der Waals surface area contributed by atoms with Gasteiger partial charge in [-0.25, -0.2) is 0 Å². The molecule has 1 heteroatoms. The van der Waals surface area contributed by atoms with E-state index in [-0.39, 0.29) is 0 Å². The van der Waals surface area contributed by atoms with Crippen LogP contribution in [-0.2, 0) is 0 Å². The van der Waals surface area contributed by atoms with Crippen LogP contribution in [0.5, 0.6) is 0 Å². The third-order valence-electron chi connectivity index (χ3n) is 1.83. The van der Waals surface area contributed by atoms with Gasteiger partial charge in [-0.1, -0.05) is 24.3 Å². The molecule has 0 radical (unpaired) electrons. The smallest absolute Gasteiger partial charge is 0.00516 e. The number of allylic oxidation sites excluding steroid dienone is 8. The molecule has 0 unspecified atom stereocenters. The summed E-state index contributed by atoms with van der Waals surface area (Å²) < 4.78 is 0. The minimum Gasteiger partial charge on any atom is -0.402 e. The highest BCUT2D eigenvalue weighted by Gasteiger charge is 1.97. The van der Waals surface area contributed by atoms with Crippen LogP contribution in [0.25, 0.3) is 0 Å². The van der Waals surface area contributed by atoms with Crippen LogP contribution in [0.1, 0.15) is 20.3 Å². The third-order valence-corrected chi connectivity index (χ3v) is 1.83. The van der Waals surface area contributed by atoms with Gasteiger partial charge >= 0.3 is 0 Å². The van der Waals surface area contributed by atoms with Crippen molar-refractivity contribution in [1.29, 1.82) is 0 Å². The van der Waals surface area contributed by atoms with Crippen molar-refractivity contribution >= 4 is 0 Å². The highest BCUT2D eigenvalue weighted by molar-refractivity contribution is 5.38. The van der Waals surface area contributed by atoms with Crippen molar-refractivity contribution in [2.45, 2.75) is 20.3 Å². The summed E-state index contributed by atoms with van der Waals surface area (Å²) in [4.78, 5) is 0. The molecule has 0 aromatic carbocycles. The first-order valence-electron chi connectivity index (χ1n) is 4.17. The molecule has 0 saturated carbocycles. The Hall–Kier alpha value is -1.24. The Labute approximate surface area is 74.0 Å². The van der Waals surface area contributed by atoms with Crippen LogP contribution in [-0.4, -0.2) is 0 Å². The lowest BCUT2D eigenvalue weighted by Gasteiger charge is -2.05. The van der Waals surface area contributed by atoms with Crippen molar-refractivity contribution in [3.05, 3.63) is 47.2 Å². The second-order valence-corrected chi connectivity index (χ2v) is 3.09. The van der Waals surface area contributed by atoms with Gasteiger partial charge < -0.3 is 5.73 Å². The molecule has 0 bridgehead atoms. The molecule has 0 heterocycles. The fourth-order valence-electron chi connectivity index (χ4n) is 1.24. The van der Waals surface area contributed by atoms with Crippen molar-refractivity contribution in [2.24, 2.45) is 5.73 Å². The van der Waals surface area contributed by atoms with Crippen LogP contribution in [0.2, 0.25) is 0 Å². The summed E-state index contributed by atoms with van der Waals surface area (Å²) in [5, 5.41) is 0. The Bertz CT molecular complexity index is 273. The highest BCUT2D eigenvalue weighted by Crippen LogP contribution is 2.16. The Morgan fingerprint density at radius 1 is 1.42 bits per heavy atom. The Kier molecular flexibility index (Phi) is 2.92. The van der Waals surface area contributed by atoms with E-state index in [0.717, 1.165) is 12.1 Å². The zero-order valence-corrected chi connectivity index (χ0v) is 7.67. The summed E-state index contributed by atoms with van der Waals surface area (Å²) in [7, 11) is 0. The van der Waals surface area contributed by atoms with E-state index in [9.17, 15) is 0 Å². The van der Waals surface area contributed by atoms with Crippen molar-refractivity contribution in [2.75, 3.05) is 0 Å². The molecule has 2 N–H and O–H groups in total. The van der Waals surface area contributed by atoms with E-state index in [1.807, 2.05) is 13.0 Å². The predicted molar refractivity (Wildman–Crippen MR) is 53.5 cm³/mol. The molecule has 1 rings (SSSR count). The van der Waals surface area contributed by atoms with Crippen molar-refractivity contribution in [1.82, 2.24) is 0 Å². The molecule has 12 heavy (non-hydrogen) atoms. The molecule has 64 valence electrons. The highest BCUT2D eigenvalue weighted by atomic mass is 14.5. The first-order valence-corrected chi connectivity index (χ1v) is 4.17. The van der Waals surface area contributed by atoms with Crippen LogP contribution in [0.3, 0.4) is 0 Å². The summed E-state index contributed by atoms with van der Waals surface area (Å²) in [6, 6.07) is 0. The van der Waals surface area contributed by atoms with Crippen LogP contribution < -0.4 is 5.73 Å². The van der Waals surface area contributed by atoms with Gasteiger partial charge in [0.2, 0.25) is 0 Å². The molecule has 0 aromatic heterocycles. The van der Waals surface area contributed by atoms with Gasteiger partial charge in [-0.2, -0.15) is 0 Å². The van der Waals surface area contributed by atoms with Crippen LogP contribution in [0, 0.1) is 0 Å². The monoisotopic (exact) mass is 161 g/mol. The van der Waals surface area contributed by atoms with Gasteiger partial charge in [0, 0.05) is 5.70 Å². The fourth-order valence-corrected chi connectivity index (χ4v) is 1.24. The van der Waals surface area contributed by atoms with E-state index in [1.165, 1.54) is 11.1 Å². The normalized spacial score (nSPS) is 21.3. The topological polar surface area (TPSA) is 26.0 Å². The second-order valence-electron chi connectivity index (χ2n) is 3.09. The summed E-state index contributed by atoms with van der Waals surface area (Å²) in [6.45, 7) is 4.00. The SMILES string of the molecule is C/C(N)=C/C(C)=C1/C=CC=CC1. The van der Waals surface area contributed by atoms with Gasteiger partial charge in [0.05, 0.1) is 0 Å². The zero-order valence-electron chi connectivity index (χ0n) is 7.67. The van der Waals surface area contributed by atoms with Gasteiger partial charge in [-0.15, -0.1) is 0 Å². The van der Waals surface area contributed by atoms with E-state index >= 15 is 0 Å². The minimum atomic E-state index is 0.864. The van der Waals surface area contributed by atoms with E-state index in [1.54, 1.807) is 0 Å². The molecule has 1 nitrogen and oxygen atoms in total. The van der Waals surface area contributed by atoms with E-state index in [4.69, 9.17) is 5.73 Å². The molecule has 0 saturated heterocycles. The lowest BCUT2D eigenvalue weighted by molar-refractivity contribution is 1.19. The van der Waals surface area contributed by atoms with Gasteiger partial charge in [0.15, 0.2) is 0 Å². The van der Waals surface area contributed by atoms with Crippen molar-refractivity contribution < 1.29 is 0 Å². The maximum atomic E-state index is 5.58. The molecular formula is C11H15N. The Morgan fingerprint density at radius 2 is 2.17 bits per heavy atom. The van der Waals surface area contributed by atoms with E-state index < -0.39 is 0 Å². The lowest BCUT2D eigenvalue weighted by Crippen LogP contribution is -1.92. The quantitative estimate of drug-likeness (QED) is 0.628. The van der Waals surface area contributed by atoms with Crippen molar-refractivity contribution in [3.8, 4) is 0 Å². The first kappa shape index (κ1) is 8.85. The lowest BCUT2D eigenvalue weighted by atomic mass is 10.0. The zero-order chi connectivity index (χ0) is 8.97. The largest absolute Gasteiger partial charge is 0.402 e. The summed E-state index contributed by atoms with van der Waals surface area (Å²) in [5.41, 5.74) is 9.06. The molecule has 0 fully saturated rings. The first-order chi connectivity index (χ1) is 5.70. The standard InChI is InChI=1S/C11H15N/c1-9(8-10(2)12)11-6-4-3-5-7-11/h3-6,8H,7,12H2,1-2H3/b10-8-,11-9-. The summed E-state index contributed by atoms with van der Waals surface area (Å²) in [6.07, 6.45) is 11.4. The number of hydrogen-bond acceptors (Lipinski definition) is 1. The molecule has 0 aromatic rings. The molecule has 1 aliphatic rings. The molecule has 1 aliphatic carbocycles. The molecule has 0 aliphatic heterocycles. The van der Waals surface area contributed by atoms with Crippen LogP contribution in [0.4, 0.5) is 0 Å². The van der Waals surface area contributed by atoms with Gasteiger partial charge in [-0.3, -0.25) is 0 Å². The maximum Gasteiger partial charge on any atom is 0.00516 e. The summed E-state index contributed by atoms with van der Waals surface area (Å²) in [5.74, 6) is 0. The molecular weight excluding hydrogens is 146 g/mol. The number of hydrogen-bond donors (Lipinski definition) is 1. The molecule has 0 amide bonds. The van der Waals surface area contributed by atoms with Gasteiger partial charge in [0.25, 0.3) is 0 Å². The third kappa shape index (κ3) is 2.42. The Balaban J connectivity index is 2.84. The summed E-state index contributed by atoms with van der Waals surface area (Å²) >= 11 is 0. The van der Waals surface area contributed by atoms with Crippen molar-refractivity contribution in [3.63, 3.8) is 0 Å². The van der Waals surface area contributed by atoms with E-state index in [2.05, 4.69) is 31.2 Å². The van der Waals surface area contributed by atoms with Crippen LogP contribution in [0.15, 0.2) is 47.2 Å². The number of rotatable bonds is 1.